The Bertz CT molecular complexity index is 517. The van der Waals surface area contributed by atoms with Crippen LogP contribution in [-0.4, -0.2) is 41.9 Å². The number of amides is 1. The first-order chi connectivity index (χ1) is 10.5. The second-order valence-electron chi connectivity index (χ2n) is 5.83. The zero-order valence-corrected chi connectivity index (χ0v) is 13.3. The molecular formula is C17H24F2N2O. The van der Waals surface area contributed by atoms with Gasteiger partial charge in [0.25, 0.3) is 0 Å². The first-order valence-corrected chi connectivity index (χ1v) is 8.00. The maximum absolute atomic E-state index is 13.3. The summed E-state index contributed by atoms with van der Waals surface area (Å²) in [7, 11) is 0. The van der Waals surface area contributed by atoms with Gasteiger partial charge < -0.3 is 4.90 Å². The molecule has 5 heteroatoms. The van der Waals surface area contributed by atoms with Crippen LogP contribution in [0.1, 0.15) is 32.3 Å². The maximum Gasteiger partial charge on any atom is 0.226 e. The molecule has 1 aromatic rings. The number of nitrogens with zero attached hydrogens (tertiary/aromatic N) is 2. The van der Waals surface area contributed by atoms with E-state index in [-0.39, 0.29) is 11.8 Å². The molecule has 1 fully saturated rings. The van der Waals surface area contributed by atoms with Crippen LogP contribution in [0.15, 0.2) is 18.2 Å². The van der Waals surface area contributed by atoms with E-state index in [2.05, 4.69) is 4.90 Å². The third-order valence-electron chi connectivity index (χ3n) is 4.32. The smallest absolute Gasteiger partial charge is 0.226 e. The largest absolute Gasteiger partial charge is 0.343 e. The molecule has 1 aliphatic rings. The number of hydrogen-bond acceptors (Lipinski definition) is 2. The number of hydrogen-bond donors (Lipinski definition) is 0. The second-order valence-corrected chi connectivity index (χ2v) is 5.83. The predicted molar refractivity (Wildman–Crippen MR) is 82.3 cm³/mol. The topological polar surface area (TPSA) is 23.6 Å². The van der Waals surface area contributed by atoms with Gasteiger partial charge >= 0.3 is 0 Å². The molecule has 1 aliphatic heterocycles. The van der Waals surface area contributed by atoms with Crippen molar-refractivity contribution in [1.82, 2.24) is 9.80 Å². The zero-order valence-electron chi connectivity index (χ0n) is 13.3. The number of rotatable bonds is 5. The minimum Gasteiger partial charge on any atom is -0.343 e. The first-order valence-electron chi connectivity index (χ1n) is 8.00. The van der Waals surface area contributed by atoms with Crippen molar-refractivity contribution in [1.29, 1.82) is 0 Å². The van der Waals surface area contributed by atoms with Crippen molar-refractivity contribution in [2.75, 3.05) is 26.2 Å². The van der Waals surface area contributed by atoms with Gasteiger partial charge in [-0.25, -0.2) is 8.78 Å². The van der Waals surface area contributed by atoms with Crippen molar-refractivity contribution in [3.05, 3.63) is 35.4 Å². The van der Waals surface area contributed by atoms with Crippen molar-refractivity contribution in [3.8, 4) is 0 Å². The van der Waals surface area contributed by atoms with Gasteiger partial charge in [0.15, 0.2) is 11.6 Å². The van der Waals surface area contributed by atoms with E-state index in [1.54, 1.807) is 6.07 Å². The van der Waals surface area contributed by atoms with Crippen LogP contribution < -0.4 is 0 Å². The lowest BCUT2D eigenvalue weighted by atomic mass is 9.96. The molecule has 0 N–H and O–H groups in total. The van der Waals surface area contributed by atoms with Crippen molar-refractivity contribution < 1.29 is 13.6 Å². The van der Waals surface area contributed by atoms with Crippen LogP contribution in [0, 0.1) is 17.6 Å². The van der Waals surface area contributed by atoms with Crippen molar-refractivity contribution in [2.45, 2.75) is 33.2 Å². The van der Waals surface area contributed by atoms with Gasteiger partial charge in [0, 0.05) is 26.2 Å². The van der Waals surface area contributed by atoms with Crippen LogP contribution in [0.3, 0.4) is 0 Å². The molecule has 0 radical (unpaired) electrons. The van der Waals surface area contributed by atoms with E-state index in [9.17, 15) is 13.6 Å². The average molecular weight is 310 g/mol. The highest BCUT2D eigenvalue weighted by molar-refractivity contribution is 5.79. The summed E-state index contributed by atoms with van der Waals surface area (Å²) in [5.74, 6) is -1.42. The molecule has 1 saturated heterocycles. The Morgan fingerprint density at radius 3 is 2.64 bits per heavy atom. The zero-order chi connectivity index (χ0) is 16.1. The molecule has 1 aromatic carbocycles. The number of carbonyl (C=O) groups is 1. The third kappa shape index (κ3) is 4.03. The van der Waals surface area contributed by atoms with Gasteiger partial charge in [0.1, 0.15) is 0 Å². The molecule has 3 nitrogen and oxygen atoms in total. The summed E-state index contributed by atoms with van der Waals surface area (Å²) in [6.45, 7) is 7.57. The van der Waals surface area contributed by atoms with Crippen molar-refractivity contribution >= 4 is 5.91 Å². The molecule has 0 spiro atoms. The molecule has 0 bridgehead atoms. The van der Waals surface area contributed by atoms with E-state index in [1.807, 2.05) is 18.7 Å². The Labute approximate surface area is 130 Å². The summed E-state index contributed by atoms with van der Waals surface area (Å²) in [6, 6.07) is 4.01. The van der Waals surface area contributed by atoms with E-state index < -0.39 is 11.6 Å². The van der Waals surface area contributed by atoms with E-state index in [4.69, 9.17) is 0 Å². The lowest BCUT2D eigenvalue weighted by Crippen LogP contribution is -2.44. The fourth-order valence-corrected chi connectivity index (χ4v) is 3.09. The summed E-state index contributed by atoms with van der Waals surface area (Å²) in [6.07, 6.45) is 1.87. The Balaban J connectivity index is 1.98. The lowest BCUT2D eigenvalue weighted by Gasteiger charge is -2.34. The van der Waals surface area contributed by atoms with Gasteiger partial charge in [-0.1, -0.05) is 6.07 Å². The van der Waals surface area contributed by atoms with E-state index >= 15 is 0 Å². The molecule has 1 atom stereocenters. The molecule has 0 aromatic heterocycles. The minimum absolute atomic E-state index is 0.0129. The fourth-order valence-electron chi connectivity index (χ4n) is 3.09. The van der Waals surface area contributed by atoms with E-state index in [0.717, 1.165) is 44.1 Å². The summed E-state index contributed by atoms with van der Waals surface area (Å²) in [5, 5.41) is 0. The molecule has 1 amide bonds. The highest BCUT2D eigenvalue weighted by Crippen LogP contribution is 2.21. The van der Waals surface area contributed by atoms with Gasteiger partial charge in [-0.2, -0.15) is 0 Å². The van der Waals surface area contributed by atoms with Crippen LogP contribution in [-0.2, 0) is 11.3 Å². The number of piperidine rings is 1. The van der Waals surface area contributed by atoms with Gasteiger partial charge in [-0.3, -0.25) is 9.69 Å². The Morgan fingerprint density at radius 1 is 1.27 bits per heavy atom. The summed E-state index contributed by atoms with van der Waals surface area (Å²) < 4.78 is 26.3. The number of halogens is 2. The van der Waals surface area contributed by atoms with Gasteiger partial charge in [0.2, 0.25) is 5.91 Å². The van der Waals surface area contributed by atoms with E-state index in [0.29, 0.717) is 13.1 Å². The maximum atomic E-state index is 13.3. The molecule has 22 heavy (non-hydrogen) atoms. The summed E-state index contributed by atoms with van der Waals surface area (Å²) >= 11 is 0. The van der Waals surface area contributed by atoms with Crippen LogP contribution in [0.5, 0.6) is 0 Å². The fraction of sp³-hybridized carbons (Fsp3) is 0.588. The van der Waals surface area contributed by atoms with Crippen molar-refractivity contribution in [3.63, 3.8) is 0 Å². The number of benzene rings is 1. The average Bonchev–Trinajstić information content (AvgIpc) is 2.52. The molecule has 122 valence electrons. The molecular weight excluding hydrogens is 286 g/mol. The van der Waals surface area contributed by atoms with E-state index in [1.165, 1.54) is 6.07 Å². The molecule has 1 heterocycles. The highest BCUT2D eigenvalue weighted by Gasteiger charge is 2.28. The summed E-state index contributed by atoms with van der Waals surface area (Å²) in [5.41, 5.74) is 0.745. The molecule has 0 aliphatic carbocycles. The third-order valence-corrected chi connectivity index (χ3v) is 4.32. The normalized spacial score (nSPS) is 19.2. The quantitative estimate of drug-likeness (QED) is 0.834. The molecule has 2 rings (SSSR count). The van der Waals surface area contributed by atoms with Gasteiger partial charge in [-0.15, -0.1) is 0 Å². The van der Waals surface area contributed by atoms with Crippen LogP contribution in [0.4, 0.5) is 8.78 Å². The SMILES string of the molecule is CCN(CC)C(=O)[C@@H]1CCCN(Cc2ccc(F)c(F)c2)C1. The second kappa shape index (κ2) is 7.68. The lowest BCUT2D eigenvalue weighted by molar-refractivity contribution is -0.137. The van der Waals surface area contributed by atoms with Crippen LogP contribution in [0.2, 0.25) is 0 Å². The Hall–Kier alpha value is -1.49. The number of likely N-dealkylation sites (tertiary alicyclic amines) is 1. The first kappa shape index (κ1) is 16.9. The minimum atomic E-state index is -0.822. The Kier molecular flexibility index (Phi) is 5.89. The molecule has 0 unspecified atom stereocenters. The summed E-state index contributed by atoms with van der Waals surface area (Å²) in [4.78, 5) is 16.5. The van der Waals surface area contributed by atoms with Crippen LogP contribution >= 0.6 is 0 Å². The van der Waals surface area contributed by atoms with Gasteiger partial charge in [-0.05, 0) is 50.9 Å². The van der Waals surface area contributed by atoms with Crippen LogP contribution in [0.25, 0.3) is 0 Å². The Morgan fingerprint density at radius 2 is 2.00 bits per heavy atom. The standard InChI is InChI=1S/C17H24F2N2O/c1-3-21(4-2)17(22)14-6-5-9-20(12-14)11-13-7-8-15(18)16(19)10-13/h7-8,10,14H,3-6,9,11-12H2,1-2H3/t14-/m1/s1. The molecule has 0 saturated carbocycles. The highest BCUT2D eigenvalue weighted by atomic mass is 19.2. The van der Waals surface area contributed by atoms with Crippen molar-refractivity contribution in [2.24, 2.45) is 5.92 Å². The monoisotopic (exact) mass is 310 g/mol. The van der Waals surface area contributed by atoms with Gasteiger partial charge in [0.05, 0.1) is 5.92 Å². The number of carbonyl (C=O) groups excluding carboxylic acids is 1. The predicted octanol–water partition coefficient (Wildman–Crippen LogP) is 3.05.